The lowest BCUT2D eigenvalue weighted by Gasteiger charge is -2.14. The number of aromatic nitrogens is 3. The number of nitrogens with one attached hydrogen (secondary N) is 1. The normalized spacial score (nSPS) is 21.8. The van der Waals surface area contributed by atoms with E-state index < -0.39 is 6.10 Å². The predicted octanol–water partition coefficient (Wildman–Crippen LogP) is -0.527. The van der Waals surface area contributed by atoms with Crippen molar-refractivity contribution in [3.05, 3.63) is 35.1 Å². The molecule has 1 aliphatic heterocycles. The lowest BCUT2D eigenvalue weighted by molar-refractivity contribution is -0.120. The molecule has 110 valence electrons. The van der Waals surface area contributed by atoms with E-state index >= 15 is 0 Å². The molecule has 2 aromatic rings. The summed E-state index contributed by atoms with van der Waals surface area (Å²) in [6, 6.07) is 1.37. The van der Waals surface area contributed by atoms with Gasteiger partial charge in [0, 0.05) is 18.7 Å². The number of hydrogen-bond acceptors (Lipinski definition) is 6. The van der Waals surface area contributed by atoms with Gasteiger partial charge in [-0.3, -0.25) is 19.1 Å². The first kappa shape index (κ1) is 13.8. The van der Waals surface area contributed by atoms with Crippen molar-refractivity contribution in [2.45, 2.75) is 31.5 Å². The zero-order valence-corrected chi connectivity index (χ0v) is 11.4. The summed E-state index contributed by atoms with van der Waals surface area (Å²) in [6.45, 7) is 0.679. The van der Waals surface area contributed by atoms with Crippen LogP contribution in [0.5, 0.6) is 0 Å². The Morgan fingerprint density at radius 2 is 2.38 bits per heavy atom. The van der Waals surface area contributed by atoms with Crippen molar-refractivity contribution in [3.63, 3.8) is 0 Å². The van der Waals surface area contributed by atoms with E-state index in [2.05, 4.69) is 15.3 Å². The number of fused-ring (bicyclic) bond motifs is 1. The van der Waals surface area contributed by atoms with E-state index in [1.807, 2.05) is 0 Å². The molecule has 1 aliphatic rings. The monoisotopic (exact) mass is 288 g/mol. The second kappa shape index (κ2) is 5.71. The minimum atomic E-state index is -0.494. The van der Waals surface area contributed by atoms with Crippen LogP contribution in [0, 0.1) is 0 Å². The lowest BCUT2D eigenvalue weighted by Crippen LogP contribution is -2.34. The summed E-state index contributed by atoms with van der Waals surface area (Å²) in [5, 5.41) is 13.2. The van der Waals surface area contributed by atoms with E-state index in [1.54, 1.807) is 6.07 Å². The summed E-state index contributed by atoms with van der Waals surface area (Å²) in [7, 11) is 0. The third kappa shape index (κ3) is 2.84. The van der Waals surface area contributed by atoms with E-state index in [4.69, 9.17) is 0 Å². The Labute approximate surface area is 120 Å². The summed E-state index contributed by atoms with van der Waals surface area (Å²) in [5.41, 5.74) is 0.259. The van der Waals surface area contributed by atoms with Crippen molar-refractivity contribution >= 4 is 16.7 Å². The number of aliphatic hydroxyl groups is 1. The highest BCUT2D eigenvalue weighted by molar-refractivity contribution is 5.80. The summed E-state index contributed by atoms with van der Waals surface area (Å²) < 4.78 is 1.30. The van der Waals surface area contributed by atoms with Crippen molar-refractivity contribution < 1.29 is 9.90 Å². The second-order valence-corrected chi connectivity index (χ2v) is 5.23. The van der Waals surface area contributed by atoms with E-state index in [1.165, 1.54) is 23.3 Å². The fourth-order valence-corrected chi connectivity index (χ4v) is 2.58. The Balaban J connectivity index is 1.77. The molecule has 0 aliphatic carbocycles. The van der Waals surface area contributed by atoms with Crippen LogP contribution >= 0.6 is 0 Å². The first-order valence-electron chi connectivity index (χ1n) is 6.87. The van der Waals surface area contributed by atoms with E-state index in [0.717, 1.165) is 0 Å². The van der Waals surface area contributed by atoms with Crippen molar-refractivity contribution in [2.75, 3.05) is 6.54 Å². The zero-order chi connectivity index (χ0) is 14.8. The van der Waals surface area contributed by atoms with Gasteiger partial charge in [-0.15, -0.1) is 0 Å². The number of Topliss-reactive ketones (excluding diaryl/α,β-unsaturated/α-hetero) is 1. The quantitative estimate of drug-likeness (QED) is 0.785. The van der Waals surface area contributed by atoms with E-state index in [0.29, 0.717) is 23.9 Å². The van der Waals surface area contributed by atoms with Gasteiger partial charge in [0.1, 0.15) is 0 Å². The van der Waals surface area contributed by atoms with Crippen LogP contribution in [0.4, 0.5) is 0 Å². The smallest absolute Gasteiger partial charge is 0.261 e. The van der Waals surface area contributed by atoms with Crippen LogP contribution in [0.25, 0.3) is 10.9 Å². The zero-order valence-electron chi connectivity index (χ0n) is 11.4. The number of carbonyl (C=O) groups is 1. The highest BCUT2D eigenvalue weighted by Gasteiger charge is 2.26. The molecule has 1 fully saturated rings. The molecule has 21 heavy (non-hydrogen) atoms. The maximum absolute atomic E-state index is 12.2. The molecule has 0 saturated carbocycles. The minimum absolute atomic E-state index is 0.0327. The first-order valence-corrected chi connectivity index (χ1v) is 6.87. The SMILES string of the molecule is O=C(C[C@H]1NCC[C@@H]1O)Cn1cnc2cnccc2c1=O. The third-order valence-electron chi connectivity index (χ3n) is 3.73. The molecule has 7 heteroatoms. The average molecular weight is 288 g/mol. The van der Waals surface area contributed by atoms with Gasteiger partial charge in [-0.05, 0) is 19.0 Å². The van der Waals surface area contributed by atoms with Crippen LogP contribution in [-0.2, 0) is 11.3 Å². The molecule has 7 nitrogen and oxygen atoms in total. The molecular weight excluding hydrogens is 272 g/mol. The molecule has 0 bridgehead atoms. The van der Waals surface area contributed by atoms with Crippen LogP contribution in [0.15, 0.2) is 29.6 Å². The van der Waals surface area contributed by atoms with Gasteiger partial charge in [0.2, 0.25) is 0 Å². The van der Waals surface area contributed by atoms with Gasteiger partial charge in [0.15, 0.2) is 5.78 Å². The third-order valence-corrected chi connectivity index (χ3v) is 3.73. The molecule has 2 atom stereocenters. The van der Waals surface area contributed by atoms with Gasteiger partial charge in [-0.2, -0.15) is 0 Å². The van der Waals surface area contributed by atoms with E-state index in [9.17, 15) is 14.7 Å². The molecule has 3 rings (SSSR count). The van der Waals surface area contributed by atoms with Gasteiger partial charge >= 0.3 is 0 Å². The topological polar surface area (TPSA) is 97.1 Å². The predicted molar refractivity (Wildman–Crippen MR) is 75.8 cm³/mol. The number of rotatable bonds is 4. The van der Waals surface area contributed by atoms with Crippen molar-refractivity contribution in [3.8, 4) is 0 Å². The van der Waals surface area contributed by atoms with Gasteiger partial charge in [-0.25, -0.2) is 4.98 Å². The van der Waals surface area contributed by atoms with Crippen LogP contribution in [0.1, 0.15) is 12.8 Å². The Kier molecular flexibility index (Phi) is 3.76. The molecule has 0 unspecified atom stereocenters. The van der Waals surface area contributed by atoms with Crippen LogP contribution < -0.4 is 10.9 Å². The standard InChI is InChI=1S/C14H16N4O3/c19-9(5-11-13(20)2-4-16-11)7-18-8-17-12-6-15-3-1-10(12)14(18)21/h1,3,6,8,11,13,16,20H,2,4-5,7H2/t11-,13+/m1/s1. The molecule has 0 amide bonds. The van der Waals surface area contributed by atoms with Gasteiger partial charge in [0.05, 0.1) is 36.1 Å². The van der Waals surface area contributed by atoms with E-state index in [-0.39, 0.29) is 30.3 Å². The maximum atomic E-state index is 12.2. The lowest BCUT2D eigenvalue weighted by atomic mass is 10.1. The van der Waals surface area contributed by atoms with Crippen molar-refractivity contribution in [1.29, 1.82) is 0 Å². The molecule has 2 aromatic heterocycles. The first-order chi connectivity index (χ1) is 10.1. The number of nitrogens with zero attached hydrogens (tertiary/aromatic N) is 3. The Hall–Kier alpha value is -2.12. The molecule has 0 radical (unpaired) electrons. The summed E-state index contributed by atoms with van der Waals surface area (Å²) in [5.74, 6) is -0.106. The van der Waals surface area contributed by atoms with Crippen molar-refractivity contribution in [1.82, 2.24) is 19.9 Å². The number of pyridine rings is 1. The maximum Gasteiger partial charge on any atom is 0.261 e. The molecule has 2 N–H and O–H groups in total. The number of hydrogen-bond donors (Lipinski definition) is 2. The molecule has 0 spiro atoms. The second-order valence-electron chi connectivity index (χ2n) is 5.23. The Bertz CT molecular complexity index is 727. The molecule has 1 saturated heterocycles. The molecular formula is C14H16N4O3. The minimum Gasteiger partial charge on any atom is -0.391 e. The fraction of sp³-hybridized carbons (Fsp3) is 0.429. The summed E-state index contributed by atoms with van der Waals surface area (Å²) in [6.07, 6.45) is 4.78. The average Bonchev–Trinajstić information content (AvgIpc) is 2.87. The van der Waals surface area contributed by atoms with Crippen LogP contribution in [0.2, 0.25) is 0 Å². The van der Waals surface area contributed by atoms with Crippen LogP contribution in [0.3, 0.4) is 0 Å². The summed E-state index contributed by atoms with van der Waals surface area (Å²) in [4.78, 5) is 32.3. The Morgan fingerprint density at radius 1 is 1.52 bits per heavy atom. The van der Waals surface area contributed by atoms with Gasteiger partial charge in [0.25, 0.3) is 5.56 Å². The summed E-state index contributed by atoms with van der Waals surface area (Å²) >= 11 is 0. The van der Waals surface area contributed by atoms with Gasteiger partial charge in [-0.1, -0.05) is 0 Å². The number of ketones is 1. The number of carbonyl (C=O) groups excluding carboxylic acids is 1. The fourth-order valence-electron chi connectivity index (χ4n) is 2.58. The highest BCUT2D eigenvalue weighted by Crippen LogP contribution is 2.11. The molecule has 3 heterocycles. The largest absolute Gasteiger partial charge is 0.391 e. The Morgan fingerprint density at radius 3 is 3.14 bits per heavy atom. The molecule has 0 aromatic carbocycles. The highest BCUT2D eigenvalue weighted by atomic mass is 16.3. The van der Waals surface area contributed by atoms with Crippen LogP contribution in [-0.4, -0.2) is 44.1 Å². The number of aliphatic hydroxyl groups excluding tert-OH is 1. The van der Waals surface area contributed by atoms with Gasteiger partial charge < -0.3 is 10.4 Å². The van der Waals surface area contributed by atoms with Crippen molar-refractivity contribution in [2.24, 2.45) is 0 Å².